The van der Waals surface area contributed by atoms with E-state index >= 15 is 0 Å². The third kappa shape index (κ3) is 5.25. The van der Waals surface area contributed by atoms with E-state index in [4.69, 9.17) is 0 Å². The Bertz CT molecular complexity index is 1480. The predicted molar refractivity (Wildman–Crippen MR) is 143 cm³/mol. The summed E-state index contributed by atoms with van der Waals surface area (Å²) in [6, 6.07) is 18.2. The van der Waals surface area contributed by atoms with Crippen molar-refractivity contribution in [2.24, 2.45) is 0 Å². The number of benzene rings is 2. The Kier molecular flexibility index (Phi) is 7.27. The number of fused-ring (bicyclic) bond motifs is 3. The van der Waals surface area contributed by atoms with Gasteiger partial charge in [0.05, 0.1) is 15.7 Å². The van der Waals surface area contributed by atoms with Crippen molar-refractivity contribution >= 4 is 49.9 Å². The van der Waals surface area contributed by atoms with E-state index in [1.165, 1.54) is 23.9 Å². The van der Waals surface area contributed by atoms with Crippen LogP contribution in [0.5, 0.6) is 0 Å². The minimum atomic E-state index is -3.58. The maximum absolute atomic E-state index is 13.1. The molecular weight excluding hydrogens is 494 g/mol. The first-order chi connectivity index (χ1) is 17.4. The molecule has 2 aromatic heterocycles. The number of hydrogen-bond acceptors (Lipinski definition) is 6. The van der Waals surface area contributed by atoms with Crippen LogP contribution in [-0.2, 0) is 14.8 Å². The summed E-state index contributed by atoms with van der Waals surface area (Å²) in [5, 5.41) is 12.8. The van der Waals surface area contributed by atoms with Gasteiger partial charge in [-0.05, 0) is 67.1 Å². The Morgan fingerprint density at radius 3 is 2.53 bits per heavy atom. The largest absolute Gasteiger partial charge is 0.325 e. The van der Waals surface area contributed by atoms with E-state index in [2.05, 4.69) is 20.2 Å². The summed E-state index contributed by atoms with van der Waals surface area (Å²) in [6.45, 7) is 1.95. The lowest BCUT2D eigenvalue weighted by Gasteiger charge is -2.22. The summed E-state index contributed by atoms with van der Waals surface area (Å²) >= 11 is 1.37. The Balaban J connectivity index is 1.28. The Hall–Kier alpha value is -2.95. The van der Waals surface area contributed by atoms with Crippen LogP contribution >= 0.6 is 11.8 Å². The summed E-state index contributed by atoms with van der Waals surface area (Å²) < 4.78 is 30.3. The van der Waals surface area contributed by atoms with Gasteiger partial charge in [0.2, 0.25) is 15.9 Å². The average Bonchev–Trinajstić information content (AvgIpc) is 3.31. The molecule has 1 fully saturated rings. The summed E-state index contributed by atoms with van der Waals surface area (Å²) in [6.07, 6.45) is 5.61. The number of anilines is 1. The van der Waals surface area contributed by atoms with E-state index in [9.17, 15) is 13.2 Å². The van der Waals surface area contributed by atoms with Crippen LogP contribution in [0.1, 0.15) is 45.4 Å². The molecule has 0 bridgehead atoms. The molecule has 0 saturated heterocycles. The highest BCUT2D eigenvalue weighted by Gasteiger charge is 2.24. The lowest BCUT2D eigenvalue weighted by molar-refractivity contribution is -0.115. The lowest BCUT2D eigenvalue weighted by atomic mass is 9.96. The molecule has 2 aromatic carbocycles. The molecule has 1 atom stereocenters. The third-order valence-corrected chi connectivity index (χ3v) is 9.36. The molecular formula is C26H29N5O3S2. The minimum Gasteiger partial charge on any atom is -0.325 e. The zero-order valence-corrected chi connectivity index (χ0v) is 21.7. The number of carbonyl (C=O) groups excluding carboxylic acids is 1. The molecule has 36 heavy (non-hydrogen) atoms. The van der Waals surface area contributed by atoms with E-state index in [0.29, 0.717) is 17.3 Å². The predicted octanol–water partition coefficient (Wildman–Crippen LogP) is 5.00. The van der Waals surface area contributed by atoms with Crippen LogP contribution in [-0.4, -0.2) is 40.2 Å². The number of para-hydroxylation sites is 1. The van der Waals surface area contributed by atoms with Crippen molar-refractivity contribution in [3.05, 3.63) is 60.7 Å². The Morgan fingerprint density at radius 2 is 1.78 bits per heavy atom. The normalized spacial score (nSPS) is 15.8. The highest BCUT2D eigenvalue weighted by Crippen LogP contribution is 2.29. The van der Waals surface area contributed by atoms with Crippen LogP contribution in [0.25, 0.3) is 16.6 Å². The number of nitrogens with one attached hydrogen (secondary N) is 2. The summed E-state index contributed by atoms with van der Waals surface area (Å²) in [7, 11) is -3.58. The van der Waals surface area contributed by atoms with Crippen LogP contribution in [0, 0.1) is 0 Å². The molecule has 0 aliphatic heterocycles. The van der Waals surface area contributed by atoms with Crippen LogP contribution in [0.15, 0.2) is 70.7 Å². The second-order valence-corrected chi connectivity index (χ2v) is 11.9. The fourth-order valence-electron chi connectivity index (χ4n) is 4.59. The number of hydrogen-bond donors (Lipinski definition) is 2. The standard InChI is InChI=1S/C26H29N5O3S2/c1-2-23(35-26-29-28-24-17-12-18-8-6-7-11-22(18)31(24)26)25(32)27-19-13-15-21(16-14-19)36(33,34)30-20-9-4-3-5-10-20/h6-8,11-17,20,23,30H,2-5,9-10H2,1H3,(H,27,32). The van der Waals surface area contributed by atoms with Crippen molar-refractivity contribution in [3.8, 4) is 0 Å². The number of aromatic nitrogens is 3. The van der Waals surface area contributed by atoms with Crippen LogP contribution in [0.2, 0.25) is 0 Å². The summed E-state index contributed by atoms with van der Waals surface area (Å²) in [5.41, 5.74) is 2.26. The monoisotopic (exact) mass is 523 g/mol. The summed E-state index contributed by atoms with van der Waals surface area (Å²) in [5.74, 6) is -0.171. The number of rotatable bonds is 8. The fourth-order valence-corrected chi connectivity index (χ4v) is 6.86. The first-order valence-electron chi connectivity index (χ1n) is 12.3. The number of nitrogens with zero attached hydrogens (tertiary/aromatic N) is 3. The van der Waals surface area contributed by atoms with Crippen LogP contribution in [0.4, 0.5) is 5.69 Å². The first-order valence-corrected chi connectivity index (χ1v) is 14.6. The highest BCUT2D eigenvalue weighted by atomic mass is 32.2. The van der Waals surface area contributed by atoms with Gasteiger partial charge in [-0.1, -0.05) is 56.1 Å². The molecule has 10 heteroatoms. The molecule has 0 spiro atoms. The van der Waals surface area contributed by atoms with E-state index in [0.717, 1.165) is 48.7 Å². The van der Waals surface area contributed by atoms with Crippen molar-refractivity contribution in [2.45, 2.75) is 66.8 Å². The fraction of sp³-hybridized carbons (Fsp3) is 0.346. The van der Waals surface area contributed by atoms with Crippen molar-refractivity contribution in [3.63, 3.8) is 0 Å². The van der Waals surface area contributed by atoms with Gasteiger partial charge in [-0.3, -0.25) is 9.20 Å². The van der Waals surface area contributed by atoms with E-state index in [1.54, 1.807) is 12.1 Å². The second kappa shape index (κ2) is 10.6. The molecule has 2 N–H and O–H groups in total. The highest BCUT2D eigenvalue weighted by molar-refractivity contribution is 8.00. The van der Waals surface area contributed by atoms with Crippen molar-refractivity contribution in [2.75, 3.05) is 5.32 Å². The van der Waals surface area contributed by atoms with Crippen LogP contribution < -0.4 is 10.0 Å². The molecule has 1 saturated carbocycles. The first kappa shape index (κ1) is 24.7. The number of sulfonamides is 1. The smallest absolute Gasteiger partial charge is 0.240 e. The van der Waals surface area contributed by atoms with Crippen molar-refractivity contribution in [1.29, 1.82) is 0 Å². The number of carbonyl (C=O) groups is 1. The number of amides is 1. The average molecular weight is 524 g/mol. The van der Waals surface area contributed by atoms with Gasteiger partial charge >= 0.3 is 0 Å². The molecule has 8 nitrogen and oxygen atoms in total. The van der Waals surface area contributed by atoms with Gasteiger partial charge in [0, 0.05) is 11.7 Å². The van der Waals surface area contributed by atoms with Crippen LogP contribution in [0.3, 0.4) is 0 Å². The second-order valence-electron chi connectivity index (χ2n) is 9.05. The molecule has 1 aliphatic rings. The van der Waals surface area contributed by atoms with E-state index < -0.39 is 15.3 Å². The topological polar surface area (TPSA) is 105 Å². The molecule has 2 heterocycles. The Morgan fingerprint density at radius 1 is 1.03 bits per heavy atom. The zero-order chi connectivity index (χ0) is 25.1. The SMILES string of the molecule is CCC(Sc1nnc2ccc3ccccc3n12)C(=O)Nc1ccc(S(=O)(=O)NC2CCCCC2)cc1. The van der Waals surface area contributed by atoms with Gasteiger partial charge in [0.25, 0.3) is 0 Å². The van der Waals surface area contributed by atoms with Crippen molar-refractivity contribution in [1.82, 2.24) is 19.3 Å². The quantitative estimate of drug-likeness (QED) is 0.315. The van der Waals surface area contributed by atoms with E-state index in [1.807, 2.05) is 47.7 Å². The summed E-state index contributed by atoms with van der Waals surface area (Å²) in [4.78, 5) is 13.3. The molecule has 1 unspecified atom stereocenters. The molecule has 188 valence electrons. The lowest BCUT2D eigenvalue weighted by Crippen LogP contribution is -2.36. The number of pyridine rings is 1. The molecule has 4 aromatic rings. The third-order valence-electron chi connectivity index (χ3n) is 6.52. The van der Waals surface area contributed by atoms with E-state index in [-0.39, 0.29) is 16.8 Å². The number of thioether (sulfide) groups is 1. The van der Waals surface area contributed by atoms with Crippen molar-refractivity contribution < 1.29 is 13.2 Å². The van der Waals surface area contributed by atoms with Gasteiger partial charge in [-0.2, -0.15) is 0 Å². The maximum atomic E-state index is 13.1. The van der Waals surface area contributed by atoms with Gasteiger partial charge in [-0.25, -0.2) is 13.1 Å². The zero-order valence-electron chi connectivity index (χ0n) is 20.1. The molecule has 5 rings (SSSR count). The van der Waals surface area contributed by atoms with Gasteiger partial charge in [-0.15, -0.1) is 10.2 Å². The molecule has 1 aliphatic carbocycles. The van der Waals surface area contributed by atoms with Gasteiger partial charge < -0.3 is 5.32 Å². The Labute approximate surface area is 214 Å². The molecule has 0 radical (unpaired) electrons. The molecule has 1 amide bonds. The minimum absolute atomic E-state index is 0.00387. The van der Waals surface area contributed by atoms with Gasteiger partial charge in [0.1, 0.15) is 0 Å². The maximum Gasteiger partial charge on any atom is 0.240 e. The van der Waals surface area contributed by atoms with Gasteiger partial charge in [0.15, 0.2) is 10.8 Å².